The van der Waals surface area contributed by atoms with E-state index in [1.165, 1.54) is 36.7 Å². The number of hydrogen-bond acceptors (Lipinski definition) is 2. The zero-order valence-corrected chi connectivity index (χ0v) is 12.7. The molecule has 4 heteroatoms. The molecular formula is C15H28FN3. The van der Waals surface area contributed by atoms with Crippen molar-refractivity contribution in [1.29, 1.82) is 0 Å². The van der Waals surface area contributed by atoms with Crippen molar-refractivity contribution in [2.75, 3.05) is 0 Å². The molecule has 1 heterocycles. The fraction of sp³-hybridized carbons (Fsp3) is 0.867. The van der Waals surface area contributed by atoms with Gasteiger partial charge in [-0.2, -0.15) is 14.5 Å². The first kappa shape index (κ1) is 16.1. The van der Waals surface area contributed by atoms with E-state index in [0.717, 1.165) is 32.1 Å². The molecule has 110 valence electrons. The van der Waals surface area contributed by atoms with Crippen LogP contribution in [-0.4, -0.2) is 14.8 Å². The molecule has 0 aliphatic rings. The third kappa shape index (κ3) is 4.92. The van der Waals surface area contributed by atoms with E-state index in [1.54, 1.807) is 0 Å². The van der Waals surface area contributed by atoms with E-state index in [1.807, 2.05) is 0 Å². The van der Waals surface area contributed by atoms with Crippen LogP contribution < -0.4 is 0 Å². The first-order valence-corrected chi connectivity index (χ1v) is 7.70. The van der Waals surface area contributed by atoms with E-state index in [0.29, 0.717) is 0 Å². The van der Waals surface area contributed by atoms with Crippen molar-refractivity contribution in [3.63, 3.8) is 0 Å². The number of rotatable bonds is 10. The van der Waals surface area contributed by atoms with Gasteiger partial charge in [0.05, 0.1) is 5.54 Å². The van der Waals surface area contributed by atoms with Crippen LogP contribution in [0.2, 0.25) is 0 Å². The smallest absolute Gasteiger partial charge is 0.216 e. The highest BCUT2D eigenvalue weighted by Gasteiger charge is 2.29. The van der Waals surface area contributed by atoms with Crippen molar-refractivity contribution in [2.24, 2.45) is 0 Å². The topological polar surface area (TPSA) is 30.7 Å². The Kier molecular flexibility index (Phi) is 7.03. The van der Waals surface area contributed by atoms with Crippen molar-refractivity contribution in [3.05, 3.63) is 12.4 Å². The highest BCUT2D eigenvalue weighted by molar-refractivity contribution is 4.83. The van der Waals surface area contributed by atoms with Gasteiger partial charge in [-0.25, -0.2) is 4.68 Å². The fourth-order valence-corrected chi connectivity index (χ4v) is 2.59. The van der Waals surface area contributed by atoms with Crippen LogP contribution in [-0.2, 0) is 5.54 Å². The van der Waals surface area contributed by atoms with Gasteiger partial charge in [0.2, 0.25) is 0 Å². The third-order valence-corrected chi connectivity index (χ3v) is 3.91. The van der Waals surface area contributed by atoms with Gasteiger partial charge in [0.25, 0.3) is 0 Å². The Morgan fingerprint density at radius 1 is 1.05 bits per heavy atom. The van der Waals surface area contributed by atoms with Gasteiger partial charge >= 0.3 is 6.08 Å². The zero-order valence-electron chi connectivity index (χ0n) is 12.7. The summed E-state index contributed by atoms with van der Waals surface area (Å²) in [5.74, 6) is 0. The van der Waals surface area contributed by atoms with Gasteiger partial charge in [-0.3, -0.25) is 0 Å². The van der Waals surface area contributed by atoms with Crippen LogP contribution in [0.25, 0.3) is 0 Å². The first-order valence-electron chi connectivity index (χ1n) is 7.70. The minimum absolute atomic E-state index is 0.219. The van der Waals surface area contributed by atoms with Crippen molar-refractivity contribution >= 4 is 0 Å². The molecule has 0 aliphatic carbocycles. The summed E-state index contributed by atoms with van der Waals surface area (Å²) in [6.07, 6.45) is 11.2. The molecule has 1 atom stereocenters. The summed E-state index contributed by atoms with van der Waals surface area (Å²) < 4.78 is 15.2. The molecule has 0 N–H and O–H groups in total. The molecule has 0 bridgehead atoms. The summed E-state index contributed by atoms with van der Waals surface area (Å²) in [6, 6.07) is 0. The first-order chi connectivity index (χ1) is 9.14. The van der Waals surface area contributed by atoms with Crippen LogP contribution in [0.3, 0.4) is 0 Å². The lowest BCUT2D eigenvalue weighted by atomic mass is 9.89. The van der Waals surface area contributed by atoms with Crippen molar-refractivity contribution < 1.29 is 4.39 Å². The Balaban J connectivity index is 2.58. The average molecular weight is 269 g/mol. The van der Waals surface area contributed by atoms with Gasteiger partial charge < -0.3 is 0 Å². The number of hydrogen-bond donors (Lipinski definition) is 0. The van der Waals surface area contributed by atoms with E-state index in [9.17, 15) is 4.39 Å². The average Bonchev–Trinajstić information content (AvgIpc) is 2.83. The lowest BCUT2D eigenvalue weighted by molar-refractivity contribution is 0.197. The quantitative estimate of drug-likeness (QED) is 0.577. The van der Waals surface area contributed by atoms with E-state index in [-0.39, 0.29) is 5.54 Å². The summed E-state index contributed by atoms with van der Waals surface area (Å²) >= 11 is 0. The molecular weight excluding hydrogens is 241 g/mol. The van der Waals surface area contributed by atoms with Gasteiger partial charge in [0.1, 0.15) is 6.33 Å². The van der Waals surface area contributed by atoms with Crippen molar-refractivity contribution in [1.82, 2.24) is 14.8 Å². The normalized spacial score (nSPS) is 14.5. The van der Waals surface area contributed by atoms with Gasteiger partial charge in [0, 0.05) is 0 Å². The Bertz CT molecular complexity index is 351. The predicted molar refractivity (Wildman–Crippen MR) is 76.5 cm³/mol. The monoisotopic (exact) mass is 269 g/mol. The van der Waals surface area contributed by atoms with Crippen LogP contribution in [0, 0.1) is 6.08 Å². The summed E-state index contributed by atoms with van der Waals surface area (Å²) in [5, 5.41) is 4.09. The lowest BCUT2D eigenvalue weighted by Crippen LogP contribution is -2.32. The van der Waals surface area contributed by atoms with E-state index < -0.39 is 6.08 Å². The fourth-order valence-electron chi connectivity index (χ4n) is 2.59. The van der Waals surface area contributed by atoms with Crippen molar-refractivity contribution in [3.8, 4) is 0 Å². The molecule has 0 fully saturated rings. The molecule has 0 saturated heterocycles. The molecule has 0 saturated carbocycles. The number of unbranched alkanes of at least 4 members (excludes halogenated alkanes) is 5. The molecule has 1 aromatic rings. The maximum Gasteiger partial charge on any atom is 0.307 e. The molecule has 0 radical (unpaired) electrons. The Morgan fingerprint density at radius 2 is 1.68 bits per heavy atom. The largest absolute Gasteiger partial charge is 0.307 e. The maximum atomic E-state index is 13.7. The number of halogens is 1. The highest BCUT2D eigenvalue weighted by atomic mass is 19.1. The SMILES string of the molecule is CCCCCCCC(C)(CCCC)n1ncnc1F. The van der Waals surface area contributed by atoms with E-state index in [2.05, 4.69) is 30.9 Å². The van der Waals surface area contributed by atoms with E-state index in [4.69, 9.17) is 0 Å². The second-order valence-electron chi connectivity index (χ2n) is 5.71. The van der Waals surface area contributed by atoms with E-state index >= 15 is 0 Å². The Morgan fingerprint density at radius 3 is 2.26 bits per heavy atom. The summed E-state index contributed by atoms with van der Waals surface area (Å²) in [7, 11) is 0. The minimum atomic E-state index is -0.452. The standard InChI is InChI=1S/C15H28FN3/c1-4-6-8-9-10-12-15(3,11-7-5-2)19-14(16)17-13-18-19/h13H,4-12H2,1-3H3. The van der Waals surface area contributed by atoms with Gasteiger partial charge in [-0.15, -0.1) is 0 Å². The maximum absolute atomic E-state index is 13.7. The molecule has 3 nitrogen and oxygen atoms in total. The molecule has 1 rings (SSSR count). The van der Waals surface area contributed by atoms with Crippen LogP contribution in [0.15, 0.2) is 6.33 Å². The Hall–Kier alpha value is -0.930. The number of aromatic nitrogens is 3. The molecule has 1 unspecified atom stereocenters. The van der Waals surface area contributed by atoms with Gasteiger partial charge in [0.15, 0.2) is 0 Å². The highest BCUT2D eigenvalue weighted by Crippen LogP contribution is 2.29. The predicted octanol–water partition coefficient (Wildman–Crippen LogP) is 4.68. The summed E-state index contributed by atoms with van der Waals surface area (Å²) in [4.78, 5) is 3.63. The molecule has 0 spiro atoms. The lowest BCUT2D eigenvalue weighted by Gasteiger charge is -2.30. The molecule has 0 amide bonds. The second kappa shape index (κ2) is 8.28. The zero-order chi connectivity index (χ0) is 14.1. The van der Waals surface area contributed by atoms with Gasteiger partial charge in [-0.05, 0) is 19.8 Å². The van der Waals surface area contributed by atoms with Crippen LogP contribution in [0.4, 0.5) is 4.39 Å². The third-order valence-electron chi connectivity index (χ3n) is 3.91. The molecule has 0 aromatic carbocycles. The molecule has 19 heavy (non-hydrogen) atoms. The second-order valence-corrected chi connectivity index (χ2v) is 5.71. The molecule has 0 aliphatic heterocycles. The minimum Gasteiger partial charge on any atom is -0.216 e. The van der Waals surface area contributed by atoms with Crippen molar-refractivity contribution in [2.45, 2.75) is 84.1 Å². The van der Waals surface area contributed by atoms with Crippen LogP contribution in [0.5, 0.6) is 0 Å². The number of nitrogens with zero attached hydrogens (tertiary/aromatic N) is 3. The summed E-state index contributed by atoms with van der Waals surface area (Å²) in [6.45, 7) is 6.50. The van der Waals surface area contributed by atoms with Crippen LogP contribution in [0.1, 0.15) is 78.6 Å². The van der Waals surface area contributed by atoms with Gasteiger partial charge in [-0.1, -0.05) is 58.8 Å². The Labute approximate surface area is 116 Å². The van der Waals surface area contributed by atoms with Crippen LogP contribution >= 0.6 is 0 Å². The molecule has 1 aromatic heterocycles. The summed E-state index contributed by atoms with van der Waals surface area (Å²) in [5.41, 5.74) is -0.219.